The lowest BCUT2D eigenvalue weighted by Crippen LogP contribution is -2.21. The zero-order chi connectivity index (χ0) is 11.0. The molecule has 0 spiro atoms. The lowest BCUT2D eigenvalue weighted by atomic mass is 10.3. The van der Waals surface area contributed by atoms with Gasteiger partial charge in [-0.15, -0.1) is 0 Å². The van der Waals surface area contributed by atoms with E-state index in [9.17, 15) is 8.42 Å². The normalized spacial score (nSPS) is 14.2. The van der Waals surface area contributed by atoms with E-state index in [0.29, 0.717) is 5.75 Å². The maximum atomic E-state index is 11.1. The topological polar surface area (TPSA) is 60.2 Å². The first-order valence-corrected chi connectivity index (χ1v) is 8.03. The van der Waals surface area contributed by atoms with Gasteiger partial charge in [-0.1, -0.05) is 13.8 Å². The van der Waals surface area contributed by atoms with Gasteiger partial charge in [-0.2, -0.15) is 11.8 Å². The highest BCUT2D eigenvalue weighted by Crippen LogP contribution is 2.06. The molecule has 0 aliphatic heterocycles. The van der Waals surface area contributed by atoms with Gasteiger partial charge in [-0.05, 0) is 18.6 Å². The highest BCUT2D eigenvalue weighted by atomic mass is 32.2. The van der Waals surface area contributed by atoms with Crippen molar-refractivity contribution in [3.63, 3.8) is 0 Å². The van der Waals surface area contributed by atoms with E-state index in [4.69, 9.17) is 5.73 Å². The molecule has 0 bridgehead atoms. The summed E-state index contributed by atoms with van der Waals surface area (Å²) in [5.41, 5.74) is 5.73. The Morgan fingerprint density at radius 3 is 2.50 bits per heavy atom. The third-order valence-corrected chi connectivity index (χ3v) is 5.07. The summed E-state index contributed by atoms with van der Waals surface area (Å²) in [6.07, 6.45) is 1.73. The molecule has 0 aliphatic rings. The number of sulfone groups is 1. The zero-order valence-corrected chi connectivity index (χ0v) is 10.7. The SMILES string of the molecule is CCC(N)CSCCCS(=O)(=O)CC. The van der Waals surface area contributed by atoms with Crippen molar-refractivity contribution in [3.8, 4) is 0 Å². The second kappa shape index (κ2) is 7.54. The molecule has 86 valence electrons. The fraction of sp³-hybridized carbons (Fsp3) is 1.00. The van der Waals surface area contributed by atoms with E-state index in [1.807, 2.05) is 0 Å². The zero-order valence-electron chi connectivity index (χ0n) is 9.03. The fourth-order valence-corrected chi connectivity index (χ4v) is 2.99. The van der Waals surface area contributed by atoms with Crippen LogP contribution in [0.4, 0.5) is 0 Å². The number of rotatable bonds is 8. The van der Waals surface area contributed by atoms with Gasteiger partial charge in [-0.3, -0.25) is 0 Å². The van der Waals surface area contributed by atoms with Crippen LogP contribution in [0.25, 0.3) is 0 Å². The maximum absolute atomic E-state index is 11.1. The summed E-state index contributed by atoms with van der Waals surface area (Å²) in [6, 6.07) is 0.253. The summed E-state index contributed by atoms with van der Waals surface area (Å²) in [5.74, 6) is 2.40. The number of nitrogens with two attached hydrogens (primary N) is 1. The van der Waals surface area contributed by atoms with E-state index in [1.54, 1.807) is 18.7 Å². The van der Waals surface area contributed by atoms with Crippen molar-refractivity contribution >= 4 is 21.6 Å². The molecule has 2 N–H and O–H groups in total. The molecule has 0 rings (SSSR count). The minimum Gasteiger partial charge on any atom is -0.327 e. The molecule has 1 atom stereocenters. The highest BCUT2D eigenvalue weighted by molar-refractivity contribution is 7.99. The summed E-state index contributed by atoms with van der Waals surface area (Å²) >= 11 is 1.75. The van der Waals surface area contributed by atoms with Crippen molar-refractivity contribution in [2.75, 3.05) is 23.0 Å². The van der Waals surface area contributed by atoms with Crippen LogP contribution < -0.4 is 5.73 Å². The van der Waals surface area contributed by atoms with Gasteiger partial charge in [-0.25, -0.2) is 8.42 Å². The average molecular weight is 239 g/mol. The Balaban J connectivity index is 3.39. The summed E-state index contributed by atoms with van der Waals surface area (Å²) < 4.78 is 22.2. The van der Waals surface area contributed by atoms with Gasteiger partial charge in [0.05, 0.1) is 5.75 Å². The second-order valence-corrected chi connectivity index (χ2v) is 6.96. The Bertz CT molecular complexity index is 227. The molecule has 0 aromatic heterocycles. The molecule has 1 unspecified atom stereocenters. The van der Waals surface area contributed by atoms with Gasteiger partial charge >= 0.3 is 0 Å². The molecule has 0 heterocycles. The van der Waals surface area contributed by atoms with Gasteiger partial charge in [0.2, 0.25) is 0 Å². The third kappa shape index (κ3) is 7.64. The van der Waals surface area contributed by atoms with Gasteiger partial charge in [0, 0.05) is 17.5 Å². The number of hydrogen-bond acceptors (Lipinski definition) is 4. The van der Waals surface area contributed by atoms with Crippen LogP contribution in [0.3, 0.4) is 0 Å². The molecular formula is C9H21NO2S2. The standard InChI is InChI=1S/C9H21NO2S2/c1-3-9(10)8-13-6-5-7-14(11,12)4-2/h9H,3-8,10H2,1-2H3. The molecule has 3 nitrogen and oxygen atoms in total. The summed E-state index contributed by atoms with van der Waals surface area (Å²) in [5, 5.41) is 0. The van der Waals surface area contributed by atoms with Crippen molar-refractivity contribution in [1.82, 2.24) is 0 Å². The lowest BCUT2D eigenvalue weighted by molar-refractivity contribution is 0.596. The van der Waals surface area contributed by atoms with Crippen LogP contribution in [0.5, 0.6) is 0 Å². The predicted molar refractivity (Wildman–Crippen MR) is 64.5 cm³/mol. The Kier molecular flexibility index (Phi) is 7.68. The molecule has 0 saturated carbocycles. The third-order valence-electron chi connectivity index (χ3n) is 2.04. The van der Waals surface area contributed by atoms with Gasteiger partial charge in [0.25, 0.3) is 0 Å². The van der Waals surface area contributed by atoms with E-state index in [2.05, 4.69) is 6.92 Å². The Morgan fingerprint density at radius 1 is 1.36 bits per heavy atom. The van der Waals surface area contributed by atoms with Crippen LogP contribution in [0, 0.1) is 0 Å². The van der Waals surface area contributed by atoms with Crippen LogP contribution in [0.1, 0.15) is 26.7 Å². The molecular weight excluding hydrogens is 218 g/mol. The van der Waals surface area contributed by atoms with Crippen molar-refractivity contribution in [1.29, 1.82) is 0 Å². The Labute approximate surface area is 91.7 Å². The summed E-state index contributed by atoms with van der Waals surface area (Å²) in [6.45, 7) is 3.75. The molecule has 5 heteroatoms. The van der Waals surface area contributed by atoms with Crippen LogP contribution in [0.2, 0.25) is 0 Å². The molecule has 14 heavy (non-hydrogen) atoms. The lowest BCUT2D eigenvalue weighted by Gasteiger charge is -2.07. The fourth-order valence-electron chi connectivity index (χ4n) is 0.878. The minimum atomic E-state index is -2.77. The number of thioether (sulfide) groups is 1. The van der Waals surface area contributed by atoms with Gasteiger partial charge in [0.1, 0.15) is 9.84 Å². The monoisotopic (exact) mass is 239 g/mol. The molecule has 0 amide bonds. The van der Waals surface area contributed by atoms with Crippen LogP contribution in [-0.2, 0) is 9.84 Å². The molecule has 0 saturated heterocycles. The van der Waals surface area contributed by atoms with E-state index < -0.39 is 9.84 Å². The van der Waals surface area contributed by atoms with E-state index in [1.165, 1.54) is 0 Å². The van der Waals surface area contributed by atoms with E-state index in [0.717, 1.165) is 24.3 Å². The average Bonchev–Trinajstić information content (AvgIpc) is 2.17. The van der Waals surface area contributed by atoms with Crippen molar-refractivity contribution in [3.05, 3.63) is 0 Å². The molecule has 0 aliphatic carbocycles. The van der Waals surface area contributed by atoms with Gasteiger partial charge in [0.15, 0.2) is 0 Å². The van der Waals surface area contributed by atoms with Crippen LogP contribution in [0.15, 0.2) is 0 Å². The summed E-state index contributed by atoms with van der Waals surface area (Å²) in [4.78, 5) is 0. The van der Waals surface area contributed by atoms with Crippen molar-refractivity contribution in [2.45, 2.75) is 32.7 Å². The molecule has 0 aromatic rings. The van der Waals surface area contributed by atoms with Crippen molar-refractivity contribution in [2.24, 2.45) is 5.73 Å². The highest BCUT2D eigenvalue weighted by Gasteiger charge is 2.06. The predicted octanol–water partition coefficient (Wildman–Crippen LogP) is 1.28. The van der Waals surface area contributed by atoms with Crippen LogP contribution in [-0.4, -0.2) is 37.5 Å². The minimum absolute atomic E-state index is 0.253. The van der Waals surface area contributed by atoms with Crippen LogP contribution >= 0.6 is 11.8 Å². The summed E-state index contributed by atoms with van der Waals surface area (Å²) in [7, 11) is -2.77. The first-order chi connectivity index (χ1) is 6.52. The molecule has 0 radical (unpaired) electrons. The smallest absolute Gasteiger partial charge is 0.150 e. The molecule has 0 aromatic carbocycles. The van der Waals surface area contributed by atoms with E-state index in [-0.39, 0.29) is 11.8 Å². The van der Waals surface area contributed by atoms with E-state index >= 15 is 0 Å². The van der Waals surface area contributed by atoms with Crippen molar-refractivity contribution < 1.29 is 8.42 Å². The molecule has 0 fully saturated rings. The quantitative estimate of drug-likeness (QED) is 0.648. The first-order valence-electron chi connectivity index (χ1n) is 5.05. The number of hydrogen-bond donors (Lipinski definition) is 1. The maximum Gasteiger partial charge on any atom is 0.150 e. The largest absolute Gasteiger partial charge is 0.327 e. The first kappa shape index (κ1) is 14.3. The second-order valence-electron chi connectivity index (χ2n) is 3.33. The Morgan fingerprint density at radius 2 is 2.00 bits per heavy atom. The Hall–Kier alpha value is 0.260. The van der Waals surface area contributed by atoms with Gasteiger partial charge < -0.3 is 5.73 Å².